The van der Waals surface area contributed by atoms with E-state index in [1.807, 2.05) is 13.0 Å². The van der Waals surface area contributed by atoms with Gasteiger partial charge in [0.15, 0.2) is 0 Å². The van der Waals surface area contributed by atoms with Crippen LogP contribution < -0.4 is 0 Å². The first-order valence-corrected chi connectivity index (χ1v) is 8.86. The largest absolute Gasteiger partial charge is 0.240 e. The van der Waals surface area contributed by atoms with Gasteiger partial charge in [-0.1, -0.05) is 58.0 Å². The fourth-order valence-electron chi connectivity index (χ4n) is 3.31. The number of rotatable bonds is 7. The Kier molecular flexibility index (Phi) is 6.41. The molecular formula is C22H24N2O2. The van der Waals surface area contributed by atoms with Crippen LogP contribution in [0.5, 0.6) is 0 Å². The Morgan fingerprint density at radius 2 is 1.54 bits per heavy atom. The van der Waals surface area contributed by atoms with E-state index in [9.17, 15) is 9.59 Å². The Hall–Kier alpha value is -2.80. The molecule has 26 heavy (non-hydrogen) atoms. The summed E-state index contributed by atoms with van der Waals surface area (Å²) in [5.74, 6) is 0. The van der Waals surface area contributed by atoms with Crippen LogP contribution in [0.2, 0.25) is 0 Å². The highest BCUT2D eigenvalue weighted by Gasteiger charge is 2.26. The number of benzene rings is 2. The summed E-state index contributed by atoms with van der Waals surface area (Å²) in [5, 5.41) is 0. The zero-order valence-electron chi connectivity index (χ0n) is 15.8. The van der Waals surface area contributed by atoms with Crippen LogP contribution in [0.3, 0.4) is 0 Å². The molecule has 0 spiro atoms. The van der Waals surface area contributed by atoms with Crippen LogP contribution in [0, 0.1) is 0 Å². The zero-order chi connectivity index (χ0) is 19.2. The summed E-state index contributed by atoms with van der Waals surface area (Å²) in [6.45, 7) is 8.41. The lowest BCUT2D eigenvalue weighted by Crippen LogP contribution is -2.21. The molecule has 2 aromatic rings. The van der Waals surface area contributed by atoms with Gasteiger partial charge in [-0.05, 0) is 53.0 Å². The molecule has 0 fully saturated rings. The minimum absolute atomic E-state index is 0.255. The van der Waals surface area contributed by atoms with Crippen molar-refractivity contribution in [2.24, 2.45) is 9.98 Å². The molecule has 0 unspecified atom stereocenters. The fraction of sp³-hybridized carbons (Fsp3) is 0.364. The van der Waals surface area contributed by atoms with Crippen molar-refractivity contribution in [3.05, 3.63) is 58.7 Å². The molecule has 0 saturated heterocycles. The van der Waals surface area contributed by atoms with Crippen LogP contribution >= 0.6 is 0 Å². The predicted molar refractivity (Wildman–Crippen MR) is 104 cm³/mol. The molecule has 134 valence electrons. The van der Waals surface area contributed by atoms with Crippen molar-refractivity contribution in [1.29, 1.82) is 0 Å². The number of aryl methyl sites for hydroxylation is 2. The van der Waals surface area contributed by atoms with Gasteiger partial charge < -0.3 is 0 Å². The first kappa shape index (κ1) is 19.5. The van der Waals surface area contributed by atoms with Crippen LogP contribution in [0.15, 0.2) is 46.4 Å². The minimum atomic E-state index is -0.255. The summed E-state index contributed by atoms with van der Waals surface area (Å²) in [4.78, 5) is 29.2. The average Bonchev–Trinajstić information content (AvgIpc) is 2.62. The molecule has 0 radical (unpaired) electrons. The molecule has 2 rings (SSSR count). The quantitative estimate of drug-likeness (QED) is 0.506. The second-order valence-corrected chi connectivity index (χ2v) is 6.99. The molecule has 0 aliphatic rings. The molecule has 0 bridgehead atoms. The lowest BCUT2D eigenvalue weighted by molar-refractivity contribution is 0.522. The van der Waals surface area contributed by atoms with Crippen LogP contribution in [0.4, 0.5) is 11.4 Å². The Morgan fingerprint density at radius 3 is 2.15 bits per heavy atom. The maximum atomic E-state index is 10.9. The minimum Gasteiger partial charge on any atom is -0.211 e. The molecule has 0 heterocycles. The van der Waals surface area contributed by atoms with Gasteiger partial charge in [0.25, 0.3) is 0 Å². The van der Waals surface area contributed by atoms with Crippen molar-refractivity contribution in [1.82, 2.24) is 0 Å². The van der Waals surface area contributed by atoms with Crippen LogP contribution in [-0.4, -0.2) is 12.2 Å². The van der Waals surface area contributed by atoms with E-state index in [0.717, 1.165) is 30.4 Å². The highest BCUT2D eigenvalue weighted by atomic mass is 16.1. The van der Waals surface area contributed by atoms with Gasteiger partial charge in [0.1, 0.15) is 0 Å². The third-order valence-corrected chi connectivity index (χ3v) is 4.68. The zero-order valence-corrected chi connectivity index (χ0v) is 15.8. The molecule has 0 aliphatic heterocycles. The molecule has 4 heteroatoms. The first-order chi connectivity index (χ1) is 12.4. The molecular weight excluding hydrogens is 324 g/mol. The van der Waals surface area contributed by atoms with Crippen molar-refractivity contribution in [2.75, 3.05) is 0 Å². The maximum Gasteiger partial charge on any atom is 0.240 e. The van der Waals surface area contributed by atoms with Gasteiger partial charge in [0.2, 0.25) is 12.2 Å². The van der Waals surface area contributed by atoms with Gasteiger partial charge in [-0.25, -0.2) is 9.59 Å². The van der Waals surface area contributed by atoms with Crippen molar-refractivity contribution in [2.45, 2.75) is 52.4 Å². The van der Waals surface area contributed by atoms with Crippen LogP contribution in [-0.2, 0) is 34.3 Å². The number of hydrogen-bond acceptors (Lipinski definition) is 4. The number of hydrogen-bond donors (Lipinski definition) is 0. The third kappa shape index (κ3) is 4.43. The second-order valence-electron chi connectivity index (χ2n) is 6.99. The summed E-state index contributed by atoms with van der Waals surface area (Å²) in [6.07, 6.45) is 5.72. The van der Waals surface area contributed by atoms with Gasteiger partial charge in [0.05, 0.1) is 11.4 Å². The molecule has 0 aliphatic carbocycles. The lowest BCUT2D eigenvalue weighted by Gasteiger charge is -2.28. The van der Waals surface area contributed by atoms with Gasteiger partial charge in [-0.2, -0.15) is 9.98 Å². The van der Waals surface area contributed by atoms with E-state index >= 15 is 0 Å². The molecule has 2 aromatic carbocycles. The van der Waals surface area contributed by atoms with Crippen molar-refractivity contribution < 1.29 is 9.59 Å². The molecule has 0 saturated carbocycles. The Labute approximate surface area is 154 Å². The van der Waals surface area contributed by atoms with E-state index in [4.69, 9.17) is 0 Å². The number of aliphatic imine (C=N–C) groups is 2. The normalized spacial score (nSPS) is 10.8. The third-order valence-electron chi connectivity index (χ3n) is 4.68. The Morgan fingerprint density at radius 1 is 0.885 bits per heavy atom. The summed E-state index contributed by atoms with van der Waals surface area (Å²) in [5.41, 5.74) is 5.17. The summed E-state index contributed by atoms with van der Waals surface area (Å²) >= 11 is 0. The first-order valence-electron chi connectivity index (χ1n) is 8.86. The number of nitrogens with zero attached hydrogens (tertiary/aromatic N) is 2. The second kappa shape index (κ2) is 8.53. The lowest BCUT2D eigenvalue weighted by atomic mass is 9.77. The molecule has 0 atom stereocenters. The number of carbonyl (C=O) groups excluding carboxylic acids is 2. The van der Waals surface area contributed by atoms with Crippen molar-refractivity contribution >= 4 is 23.5 Å². The SMILES string of the molecule is CCc1cccc(CC(C)(C)c2cc(CC)c(N=C=O)cc2N=C=O)c1. The van der Waals surface area contributed by atoms with Gasteiger partial charge in [0, 0.05) is 0 Å². The van der Waals surface area contributed by atoms with E-state index in [1.54, 1.807) is 18.2 Å². The standard InChI is InChI=1S/C22H24N2O2/c1-5-16-8-7-9-17(10-16)13-22(3,4)19-11-18(6-2)20(23-14-25)12-21(19)24-15-26/h7-12H,5-6,13H2,1-4H3. The molecule has 0 N–H and O–H groups in total. The predicted octanol–water partition coefficient (Wildman–Crippen LogP) is 5.27. The van der Waals surface area contributed by atoms with Gasteiger partial charge in [-0.3, -0.25) is 0 Å². The fourth-order valence-corrected chi connectivity index (χ4v) is 3.31. The monoisotopic (exact) mass is 348 g/mol. The highest BCUT2D eigenvalue weighted by Crippen LogP contribution is 2.39. The van der Waals surface area contributed by atoms with Crippen molar-refractivity contribution in [3.63, 3.8) is 0 Å². The average molecular weight is 348 g/mol. The van der Waals surface area contributed by atoms with Crippen LogP contribution in [0.25, 0.3) is 0 Å². The van der Waals surface area contributed by atoms with Gasteiger partial charge >= 0.3 is 0 Å². The van der Waals surface area contributed by atoms with E-state index < -0.39 is 0 Å². The van der Waals surface area contributed by atoms with Gasteiger partial charge in [-0.15, -0.1) is 0 Å². The van der Waals surface area contributed by atoms with E-state index in [2.05, 4.69) is 55.0 Å². The molecule has 4 nitrogen and oxygen atoms in total. The van der Waals surface area contributed by atoms with E-state index in [-0.39, 0.29) is 5.41 Å². The summed E-state index contributed by atoms with van der Waals surface area (Å²) in [6, 6.07) is 12.2. The van der Waals surface area contributed by atoms with Crippen LogP contribution in [0.1, 0.15) is 49.9 Å². The Balaban J connectivity index is 2.55. The Bertz CT molecular complexity index is 887. The number of isocyanates is 2. The van der Waals surface area contributed by atoms with Crippen molar-refractivity contribution in [3.8, 4) is 0 Å². The maximum absolute atomic E-state index is 10.9. The molecule has 0 aromatic heterocycles. The topological polar surface area (TPSA) is 58.9 Å². The highest BCUT2D eigenvalue weighted by molar-refractivity contribution is 5.67. The molecule has 0 amide bonds. The van der Waals surface area contributed by atoms with E-state index in [1.165, 1.54) is 11.1 Å². The summed E-state index contributed by atoms with van der Waals surface area (Å²) < 4.78 is 0. The smallest absolute Gasteiger partial charge is 0.211 e. The summed E-state index contributed by atoms with van der Waals surface area (Å²) in [7, 11) is 0. The van der Waals surface area contributed by atoms with E-state index in [0.29, 0.717) is 11.4 Å².